The maximum Gasteiger partial charge on any atom is 0.258 e. The number of anilines is 1. The molecule has 0 spiro atoms. The number of carbonyl (C=O) groups excluding carboxylic acids is 3. The number of likely N-dealkylation sites (tertiary alicyclic amines) is 1. The number of nitrogens with one attached hydrogen (secondary N) is 2. The fourth-order valence-electron chi connectivity index (χ4n) is 6.15. The summed E-state index contributed by atoms with van der Waals surface area (Å²) in [6, 6.07) is 6.54. The highest BCUT2D eigenvalue weighted by Gasteiger charge is 2.64. The van der Waals surface area contributed by atoms with Crippen molar-refractivity contribution in [2.75, 3.05) is 5.32 Å². The Bertz CT molecular complexity index is 1880. The standard InChI is InChI=1S/C30H30BrN7O4/c1-14-6-7-23(31)34-27(14)35-29(42)21-10-30(5)11-22(30)38(21)24(40)13-37-26-15(2)8-18(9-19(26)25(36-37)16(3)39)20-12-32-17(4)33-28(20)41/h6-9,12,21-22H,10-11,13H2,1-5H3,(H,32,33,41)(H,34,35,42)/t21-,22+,30-/m0/s1. The lowest BCUT2D eigenvalue weighted by Gasteiger charge is -2.27. The maximum absolute atomic E-state index is 13.9. The molecule has 11 nitrogen and oxygen atoms in total. The molecule has 3 aromatic heterocycles. The first-order chi connectivity index (χ1) is 19.9. The first-order valence-electron chi connectivity index (χ1n) is 13.7. The van der Waals surface area contributed by atoms with E-state index in [-0.39, 0.29) is 46.9 Å². The van der Waals surface area contributed by atoms with Gasteiger partial charge in [-0.3, -0.25) is 23.9 Å². The third kappa shape index (κ3) is 4.73. The molecule has 0 bridgehead atoms. The van der Waals surface area contributed by atoms with Crippen LogP contribution in [0.1, 0.15) is 54.1 Å². The van der Waals surface area contributed by atoms with Gasteiger partial charge in [-0.15, -0.1) is 0 Å². The molecular formula is C30H30BrN7O4. The molecule has 1 aliphatic carbocycles. The number of fused-ring (bicyclic) bond motifs is 2. The van der Waals surface area contributed by atoms with Crippen LogP contribution < -0.4 is 10.9 Å². The van der Waals surface area contributed by atoms with Crippen molar-refractivity contribution in [3.63, 3.8) is 0 Å². The van der Waals surface area contributed by atoms with E-state index in [1.807, 2.05) is 26.0 Å². The summed E-state index contributed by atoms with van der Waals surface area (Å²) in [6.45, 7) is 8.79. The van der Waals surface area contributed by atoms with E-state index in [4.69, 9.17) is 0 Å². The average Bonchev–Trinajstić information content (AvgIpc) is 3.27. The van der Waals surface area contributed by atoms with E-state index in [2.05, 4.69) is 48.2 Å². The number of amides is 2. The van der Waals surface area contributed by atoms with Crippen molar-refractivity contribution in [3.8, 4) is 11.1 Å². The lowest BCUT2D eigenvalue weighted by molar-refractivity contribution is -0.138. The molecule has 1 aliphatic heterocycles. The van der Waals surface area contributed by atoms with Crippen molar-refractivity contribution in [2.45, 2.75) is 66.1 Å². The topological polar surface area (TPSA) is 143 Å². The number of hydrogen-bond donors (Lipinski definition) is 2. The number of nitrogens with zero attached hydrogens (tertiary/aromatic N) is 5. The number of H-pyrrole nitrogens is 1. The van der Waals surface area contributed by atoms with Crippen LogP contribution in [0.5, 0.6) is 0 Å². The second-order valence-electron chi connectivity index (χ2n) is 11.6. The summed E-state index contributed by atoms with van der Waals surface area (Å²) in [5.74, 6) is 0.163. The molecule has 1 saturated carbocycles. The number of halogens is 1. The van der Waals surface area contributed by atoms with Crippen LogP contribution in [0.3, 0.4) is 0 Å². The number of aryl methyl sites for hydroxylation is 3. The predicted octanol–water partition coefficient (Wildman–Crippen LogP) is 4.09. The highest BCUT2D eigenvalue weighted by atomic mass is 79.9. The molecule has 4 heterocycles. The molecule has 12 heteroatoms. The van der Waals surface area contributed by atoms with E-state index < -0.39 is 6.04 Å². The van der Waals surface area contributed by atoms with Crippen LogP contribution in [0.4, 0.5) is 5.82 Å². The van der Waals surface area contributed by atoms with Gasteiger partial charge in [-0.1, -0.05) is 13.0 Å². The molecule has 1 aromatic carbocycles. The van der Waals surface area contributed by atoms with Gasteiger partial charge in [0.25, 0.3) is 5.56 Å². The Morgan fingerprint density at radius 3 is 2.62 bits per heavy atom. The highest BCUT2D eigenvalue weighted by Crippen LogP contribution is 2.59. The molecular weight excluding hydrogens is 602 g/mol. The van der Waals surface area contributed by atoms with Crippen LogP contribution >= 0.6 is 15.9 Å². The molecule has 216 valence electrons. The van der Waals surface area contributed by atoms with Crippen molar-refractivity contribution in [2.24, 2.45) is 5.41 Å². The van der Waals surface area contributed by atoms with Crippen LogP contribution in [-0.4, -0.2) is 59.3 Å². The summed E-state index contributed by atoms with van der Waals surface area (Å²) in [5, 5.41) is 8.01. The number of piperidine rings is 1. The quantitative estimate of drug-likeness (QED) is 0.241. The highest BCUT2D eigenvalue weighted by molar-refractivity contribution is 9.10. The lowest BCUT2D eigenvalue weighted by atomic mass is 10.0. The van der Waals surface area contributed by atoms with Gasteiger partial charge in [0.15, 0.2) is 5.78 Å². The zero-order chi connectivity index (χ0) is 30.1. The van der Waals surface area contributed by atoms with E-state index in [1.165, 1.54) is 17.8 Å². The van der Waals surface area contributed by atoms with E-state index in [1.54, 1.807) is 24.0 Å². The number of ketones is 1. The Labute approximate surface area is 249 Å². The largest absolute Gasteiger partial charge is 0.325 e. The second-order valence-corrected chi connectivity index (χ2v) is 12.5. The van der Waals surface area contributed by atoms with Gasteiger partial charge in [-0.2, -0.15) is 5.10 Å². The number of aromatic amines is 1. The van der Waals surface area contributed by atoms with Crippen molar-refractivity contribution < 1.29 is 14.4 Å². The van der Waals surface area contributed by atoms with Gasteiger partial charge in [0.2, 0.25) is 11.8 Å². The van der Waals surface area contributed by atoms with E-state index in [0.717, 1.165) is 17.5 Å². The van der Waals surface area contributed by atoms with Crippen LogP contribution in [0.2, 0.25) is 0 Å². The number of aromatic nitrogens is 5. The number of pyridine rings is 1. The van der Waals surface area contributed by atoms with Crippen molar-refractivity contribution in [1.82, 2.24) is 29.6 Å². The number of Topliss-reactive ketones (excluding diaryl/α,β-unsaturated/α-hetero) is 1. The third-order valence-corrected chi connectivity index (χ3v) is 8.86. The Morgan fingerprint density at radius 2 is 1.90 bits per heavy atom. The molecule has 0 unspecified atom stereocenters. The summed E-state index contributed by atoms with van der Waals surface area (Å²) in [4.78, 5) is 65.6. The Balaban J connectivity index is 1.33. The fraction of sp³-hybridized carbons (Fsp3) is 0.367. The maximum atomic E-state index is 13.9. The summed E-state index contributed by atoms with van der Waals surface area (Å²) < 4.78 is 2.14. The van der Waals surface area contributed by atoms with Gasteiger partial charge in [-0.05, 0) is 89.8 Å². The van der Waals surface area contributed by atoms with Gasteiger partial charge in [0, 0.05) is 24.5 Å². The van der Waals surface area contributed by atoms with Gasteiger partial charge in [-0.25, -0.2) is 9.97 Å². The minimum absolute atomic E-state index is 0.0418. The zero-order valence-electron chi connectivity index (χ0n) is 23.9. The first-order valence-corrected chi connectivity index (χ1v) is 14.5. The smallest absolute Gasteiger partial charge is 0.258 e. The van der Waals surface area contributed by atoms with Crippen LogP contribution in [0.25, 0.3) is 22.0 Å². The molecule has 2 N–H and O–H groups in total. The molecule has 42 heavy (non-hydrogen) atoms. The average molecular weight is 633 g/mol. The minimum Gasteiger partial charge on any atom is -0.325 e. The normalized spacial score (nSPS) is 21.0. The Morgan fingerprint density at radius 1 is 1.14 bits per heavy atom. The summed E-state index contributed by atoms with van der Waals surface area (Å²) >= 11 is 3.35. The molecule has 2 amide bonds. The Kier molecular flexibility index (Phi) is 6.64. The van der Waals surface area contributed by atoms with E-state index >= 15 is 0 Å². The third-order valence-electron chi connectivity index (χ3n) is 8.42. The molecule has 4 aromatic rings. The lowest BCUT2D eigenvalue weighted by Crippen LogP contribution is -2.47. The molecule has 2 fully saturated rings. The molecule has 6 rings (SSSR count). The van der Waals surface area contributed by atoms with Crippen molar-refractivity contribution in [3.05, 3.63) is 68.1 Å². The fourth-order valence-corrected chi connectivity index (χ4v) is 6.46. The van der Waals surface area contributed by atoms with E-state index in [0.29, 0.717) is 44.7 Å². The first kappa shape index (κ1) is 28.0. The van der Waals surface area contributed by atoms with Gasteiger partial charge in [0.05, 0.1) is 11.1 Å². The van der Waals surface area contributed by atoms with Gasteiger partial charge in [0.1, 0.15) is 34.5 Å². The molecule has 2 aliphatic rings. The monoisotopic (exact) mass is 631 g/mol. The van der Waals surface area contributed by atoms with E-state index in [9.17, 15) is 19.2 Å². The second kappa shape index (κ2) is 9.97. The Hall–Kier alpha value is -4.19. The van der Waals surface area contributed by atoms with Crippen LogP contribution in [-0.2, 0) is 16.1 Å². The number of benzene rings is 1. The summed E-state index contributed by atoms with van der Waals surface area (Å²) in [5.41, 5.74) is 2.97. The van der Waals surface area contributed by atoms with Crippen molar-refractivity contribution in [1.29, 1.82) is 0 Å². The molecule has 1 saturated heterocycles. The predicted molar refractivity (Wildman–Crippen MR) is 160 cm³/mol. The van der Waals surface area contributed by atoms with Crippen LogP contribution in [0.15, 0.2) is 39.9 Å². The summed E-state index contributed by atoms with van der Waals surface area (Å²) in [6.07, 6.45) is 2.89. The SMILES string of the molecule is CC(=O)c1nn(CC(=O)N2[C@H](C(=O)Nc3nc(Br)ccc3C)C[C@@]3(C)C[C@@H]23)c2c(C)cc(-c3cnc(C)[nH]c3=O)cc12. The zero-order valence-corrected chi connectivity index (χ0v) is 25.5. The number of hydrogen-bond acceptors (Lipinski definition) is 7. The summed E-state index contributed by atoms with van der Waals surface area (Å²) in [7, 11) is 0. The number of rotatable bonds is 6. The molecule has 0 radical (unpaired) electrons. The van der Waals surface area contributed by atoms with Crippen LogP contribution in [0, 0.1) is 26.2 Å². The molecule has 3 atom stereocenters. The van der Waals surface area contributed by atoms with Crippen molar-refractivity contribution >= 4 is 50.2 Å². The van der Waals surface area contributed by atoms with Gasteiger partial charge < -0.3 is 15.2 Å². The minimum atomic E-state index is -0.649. The number of carbonyl (C=O) groups is 3. The van der Waals surface area contributed by atoms with Gasteiger partial charge >= 0.3 is 0 Å².